The molecule has 1 fully saturated rings. The van der Waals surface area contributed by atoms with Crippen molar-refractivity contribution in [3.8, 4) is 0 Å². The molecule has 9 heteroatoms. The van der Waals surface area contributed by atoms with Gasteiger partial charge in [0, 0.05) is 56.3 Å². The summed E-state index contributed by atoms with van der Waals surface area (Å²) in [7, 11) is 1.84. The van der Waals surface area contributed by atoms with Gasteiger partial charge in [-0.1, -0.05) is 17.8 Å². The number of anilines is 1. The van der Waals surface area contributed by atoms with Crippen molar-refractivity contribution < 1.29 is 0 Å². The molecule has 0 saturated carbocycles. The van der Waals surface area contributed by atoms with Crippen molar-refractivity contribution in [1.29, 1.82) is 0 Å². The van der Waals surface area contributed by atoms with Gasteiger partial charge in [-0.15, -0.1) is 35.3 Å². The molecule has 1 aliphatic heterocycles. The molecule has 0 aliphatic carbocycles. The van der Waals surface area contributed by atoms with Gasteiger partial charge in [-0.2, -0.15) is 0 Å². The summed E-state index contributed by atoms with van der Waals surface area (Å²) in [6, 6.07) is 6.55. The number of hydrogen-bond acceptors (Lipinski definition) is 6. The van der Waals surface area contributed by atoms with Crippen molar-refractivity contribution in [3.05, 3.63) is 36.0 Å². The predicted octanol–water partition coefficient (Wildman–Crippen LogP) is 3.47. The molecule has 2 N–H and O–H groups in total. The second-order valence-corrected chi connectivity index (χ2v) is 8.33. The summed E-state index contributed by atoms with van der Waals surface area (Å²) >= 11 is 3.52. The van der Waals surface area contributed by atoms with Crippen LogP contribution in [0.15, 0.2) is 45.3 Å². The first-order chi connectivity index (χ1) is 12.8. The Hall–Kier alpha value is -1.07. The largest absolute Gasteiger partial charge is 0.356 e. The van der Waals surface area contributed by atoms with Crippen LogP contribution in [0, 0.1) is 0 Å². The third-order valence-electron chi connectivity index (χ3n) is 4.28. The van der Waals surface area contributed by atoms with Crippen molar-refractivity contribution in [1.82, 2.24) is 20.6 Å². The molecule has 0 bridgehead atoms. The van der Waals surface area contributed by atoms with Crippen LogP contribution in [0.2, 0.25) is 0 Å². The average molecular weight is 518 g/mol. The van der Waals surface area contributed by atoms with E-state index in [2.05, 4.69) is 36.6 Å². The lowest BCUT2D eigenvalue weighted by atomic mass is 10.1. The SMILES string of the molecule is CN=C(NCCCSc1nccs1)NC1CCN(c2ccccn2)CC1.I. The van der Waals surface area contributed by atoms with E-state index in [9.17, 15) is 0 Å². The molecule has 1 saturated heterocycles. The fraction of sp³-hybridized carbons (Fsp3) is 0.500. The minimum Gasteiger partial charge on any atom is -0.356 e. The molecule has 3 rings (SSSR count). The zero-order valence-electron chi connectivity index (χ0n) is 15.5. The number of aromatic nitrogens is 2. The van der Waals surface area contributed by atoms with E-state index < -0.39 is 0 Å². The van der Waals surface area contributed by atoms with Gasteiger partial charge in [0.25, 0.3) is 0 Å². The van der Waals surface area contributed by atoms with E-state index in [0.717, 1.165) is 60.8 Å². The number of rotatable bonds is 7. The molecule has 148 valence electrons. The molecule has 0 radical (unpaired) electrons. The Balaban J connectivity index is 0.00000261. The first-order valence-corrected chi connectivity index (χ1v) is 10.9. The van der Waals surface area contributed by atoms with Crippen LogP contribution >= 0.6 is 47.1 Å². The van der Waals surface area contributed by atoms with Crippen LogP contribution in [0.25, 0.3) is 0 Å². The number of hydrogen-bond donors (Lipinski definition) is 2. The van der Waals surface area contributed by atoms with E-state index in [0.29, 0.717) is 6.04 Å². The molecule has 3 heterocycles. The lowest BCUT2D eigenvalue weighted by Gasteiger charge is -2.33. The van der Waals surface area contributed by atoms with Gasteiger partial charge in [0.2, 0.25) is 0 Å². The number of thiazole rings is 1. The van der Waals surface area contributed by atoms with Gasteiger partial charge in [0.15, 0.2) is 5.96 Å². The van der Waals surface area contributed by atoms with Crippen LogP contribution in [-0.2, 0) is 0 Å². The number of halogens is 1. The van der Waals surface area contributed by atoms with Crippen LogP contribution in [0.5, 0.6) is 0 Å². The summed E-state index contributed by atoms with van der Waals surface area (Å²) in [4.78, 5) is 15.4. The van der Waals surface area contributed by atoms with E-state index in [4.69, 9.17) is 0 Å². The third-order valence-corrected chi connectivity index (χ3v) is 6.33. The number of nitrogens with one attached hydrogen (secondary N) is 2. The Morgan fingerprint density at radius 3 is 2.81 bits per heavy atom. The number of nitrogens with zero attached hydrogens (tertiary/aromatic N) is 4. The molecule has 2 aromatic rings. The van der Waals surface area contributed by atoms with Crippen LogP contribution in [0.3, 0.4) is 0 Å². The van der Waals surface area contributed by atoms with Crippen LogP contribution in [-0.4, -0.2) is 54.4 Å². The Morgan fingerprint density at radius 2 is 2.15 bits per heavy atom. The fourth-order valence-corrected chi connectivity index (χ4v) is 4.55. The molecule has 0 unspecified atom stereocenters. The molecule has 0 spiro atoms. The Bertz CT molecular complexity index is 660. The lowest BCUT2D eigenvalue weighted by molar-refractivity contribution is 0.459. The second-order valence-electron chi connectivity index (χ2n) is 6.09. The van der Waals surface area contributed by atoms with Gasteiger partial charge >= 0.3 is 0 Å². The molecule has 27 heavy (non-hydrogen) atoms. The Labute approximate surface area is 186 Å². The molecule has 2 aromatic heterocycles. The molecular formula is C18H27IN6S2. The van der Waals surface area contributed by atoms with Crippen molar-refractivity contribution in [2.45, 2.75) is 29.6 Å². The second kappa shape index (κ2) is 12.4. The van der Waals surface area contributed by atoms with Gasteiger partial charge in [-0.05, 0) is 31.4 Å². The van der Waals surface area contributed by atoms with E-state index in [1.807, 2.05) is 48.7 Å². The van der Waals surface area contributed by atoms with Crippen LogP contribution < -0.4 is 15.5 Å². The average Bonchev–Trinajstić information content (AvgIpc) is 3.21. The summed E-state index contributed by atoms with van der Waals surface area (Å²) < 4.78 is 1.15. The fourth-order valence-electron chi connectivity index (χ4n) is 2.90. The Kier molecular flexibility index (Phi) is 10.2. The first kappa shape index (κ1) is 22.2. The zero-order chi connectivity index (χ0) is 18.0. The standard InChI is InChI=1S/C18H26N6S2.HI/c1-19-17(21-9-4-13-25-18-22-10-14-26-18)23-15-6-11-24(12-7-15)16-5-2-3-8-20-16;/h2-3,5,8,10,14-15H,4,6-7,9,11-13H2,1H3,(H2,19,21,23);1H. The van der Waals surface area contributed by atoms with Crippen molar-refractivity contribution in [2.24, 2.45) is 4.99 Å². The summed E-state index contributed by atoms with van der Waals surface area (Å²) in [5.74, 6) is 3.05. The highest BCUT2D eigenvalue weighted by molar-refractivity contribution is 14.0. The smallest absolute Gasteiger partial charge is 0.191 e. The molecular weight excluding hydrogens is 491 g/mol. The maximum Gasteiger partial charge on any atom is 0.191 e. The number of guanidine groups is 1. The van der Waals surface area contributed by atoms with Crippen molar-refractivity contribution in [2.75, 3.05) is 37.3 Å². The highest BCUT2D eigenvalue weighted by Gasteiger charge is 2.20. The first-order valence-electron chi connectivity index (χ1n) is 9.00. The highest BCUT2D eigenvalue weighted by Crippen LogP contribution is 2.20. The summed E-state index contributed by atoms with van der Waals surface area (Å²) in [6.07, 6.45) is 6.99. The van der Waals surface area contributed by atoms with Crippen molar-refractivity contribution in [3.63, 3.8) is 0 Å². The van der Waals surface area contributed by atoms with E-state index >= 15 is 0 Å². The molecule has 0 atom stereocenters. The highest BCUT2D eigenvalue weighted by atomic mass is 127. The number of pyridine rings is 1. The third kappa shape index (κ3) is 7.46. The normalized spacial score (nSPS) is 15.3. The van der Waals surface area contributed by atoms with Crippen molar-refractivity contribution >= 4 is 58.9 Å². The Morgan fingerprint density at radius 1 is 1.30 bits per heavy atom. The topological polar surface area (TPSA) is 65.4 Å². The molecule has 0 aromatic carbocycles. The number of piperidine rings is 1. The van der Waals surface area contributed by atoms with Crippen LogP contribution in [0.4, 0.5) is 5.82 Å². The maximum atomic E-state index is 4.44. The summed E-state index contributed by atoms with van der Waals surface area (Å²) in [5.41, 5.74) is 0. The van der Waals surface area contributed by atoms with Gasteiger partial charge in [-0.3, -0.25) is 4.99 Å². The molecule has 0 amide bonds. The van der Waals surface area contributed by atoms with Gasteiger partial charge in [0.1, 0.15) is 10.2 Å². The summed E-state index contributed by atoms with van der Waals surface area (Å²) in [5, 5.41) is 9.00. The van der Waals surface area contributed by atoms with Gasteiger partial charge < -0.3 is 15.5 Å². The summed E-state index contributed by atoms with van der Waals surface area (Å²) in [6.45, 7) is 2.97. The monoisotopic (exact) mass is 518 g/mol. The quantitative estimate of drug-likeness (QED) is 0.193. The van der Waals surface area contributed by atoms with Gasteiger partial charge in [-0.25, -0.2) is 9.97 Å². The van der Waals surface area contributed by atoms with Gasteiger partial charge in [0.05, 0.1) is 0 Å². The molecule has 1 aliphatic rings. The van der Waals surface area contributed by atoms with Crippen LogP contribution in [0.1, 0.15) is 19.3 Å². The van der Waals surface area contributed by atoms with E-state index in [-0.39, 0.29) is 24.0 Å². The number of aliphatic imine (C=N–C) groups is 1. The lowest BCUT2D eigenvalue weighted by Crippen LogP contribution is -2.49. The van der Waals surface area contributed by atoms with E-state index in [1.165, 1.54) is 0 Å². The zero-order valence-corrected chi connectivity index (χ0v) is 19.5. The maximum absolute atomic E-state index is 4.44. The minimum absolute atomic E-state index is 0. The number of thioether (sulfide) groups is 1. The van der Waals surface area contributed by atoms with E-state index in [1.54, 1.807) is 11.3 Å². The minimum atomic E-state index is 0. The predicted molar refractivity (Wildman–Crippen MR) is 127 cm³/mol. The molecule has 6 nitrogen and oxygen atoms in total.